The highest BCUT2D eigenvalue weighted by molar-refractivity contribution is 7.92. The summed E-state index contributed by atoms with van der Waals surface area (Å²) >= 11 is 0. The molecule has 0 aliphatic rings. The van der Waals surface area contributed by atoms with Gasteiger partial charge < -0.3 is 10.2 Å². The first-order valence-electron chi connectivity index (χ1n) is 13.6. The molecule has 3 rings (SSSR count). The number of benzene rings is 3. The second kappa shape index (κ2) is 13.6. The molecule has 1 N–H and O–H groups in total. The van der Waals surface area contributed by atoms with Gasteiger partial charge in [-0.3, -0.25) is 13.9 Å². The first-order chi connectivity index (χ1) is 18.8. The van der Waals surface area contributed by atoms with Gasteiger partial charge in [0, 0.05) is 31.5 Å². The topological polar surface area (TPSA) is 86.8 Å². The van der Waals surface area contributed by atoms with Crippen LogP contribution in [0.25, 0.3) is 0 Å². The molecule has 1 atom stereocenters. The molecule has 40 heavy (non-hydrogen) atoms. The third-order valence-corrected chi connectivity index (χ3v) is 7.60. The third-order valence-electron chi connectivity index (χ3n) is 6.40. The SMILES string of the molecule is Cc1cccc(CN(C(=O)CCCN(c2ccccc2)S(C)(=O)=O)[C@H](Cc2ccccc2)C(=O)NC(C)(C)C)c1. The minimum absolute atomic E-state index is 0.0960. The van der Waals surface area contributed by atoms with Crippen molar-refractivity contribution < 1.29 is 18.0 Å². The molecule has 0 saturated heterocycles. The van der Waals surface area contributed by atoms with E-state index in [0.29, 0.717) is 18.5 Å². The summed E-state index contributed by atoms with van der Waals surface area (Å²) in [6, 6.07) is 25.7. The molecule has 0 fully saturated rings. The Morgan fingerprint density at radius 3 is 2.05 bits per heavy atom. The molecule has 3 aromatic carbocycles. The van der Waals surface area contributed by atoms with E-state index >= 15 is 0 Å². The number of amides is 2. The van der Waals surface area contributed by atoms with Gasteiger partial charge in [-0.15, -0.1) is 0 Å². The van der Waals surface area contributed by atoms with Crippen LogP contribution in [0.4, 0.5) is 5.69 Å². The first-order valence-corrected chi connectivity index (χ1v) is 15.4. The van der Waals surface area contributed by atoms with E-state index in [1.54, 1.807) is 29.2 Å². The Labute approximate surface area is 239 Å². The molecule has 7 nitrogen and oxygen atoms in total. The van der Waals surface area contributed by atoms with Crippen molar-refractivity contribution in [3.05, 3.63) is 102 Å². The van der Waals surface area contributed by atoms with E-state index in [0.717, 1.165) is 16.7 Å². The van der Waals surface area contributed by atoms with Crippen LogP contribution >= 0.6 is 0 Å². The van der Waals surface area contributed by atoms with Gasteiger partial charge in [-0.2, -0.15) is 0 Å². The highest BCUT2D eigenvalue weighted by Crippen LogP contribution is 2.20. The van der Waals surface area contributed by atoms with Crippen molar-refractivity contribution in [2.45, 2.75) is 65.1 Å². The average molecular weight is 564 g/mol. The Morgan fingerprint density at radius 1 is 0.875 bits per heavy atom. The fraction of sp³-hybridized carbons (Fsp3) is 0.375. The number of hydrogen-bond donors (Lipinski definition) is 1. The van der Waals surface area contributed by atoms with Gasteiger partial charge >= 0.3 is 0 Å². The number of hydrogen-bond acceptors (Lipinski definition) is 4. The second-order valence-corrected chi connectivity index (χ2v) is 13.1. The van der Waals surface area contributed by atoms with Crippen LogP contribution in [0.15, 0.2) is 84.9 Å². The Hall–Kier alpha value is -3.65. The number of rotatable bonds is 12. The molecule has 214 valence electrons. The smallest absolute Gasteiger partial charge is 0.243 e. The summed E-state index contributed by atoms with van der Waals surface area (Å²) in [7, 11) is -3.54. The number of carbonyl (C=O) groups is 2. The maximum Gasteiger partial charge on any atom is 0.243 e. The highest BCUT2D eigenvalue weighted by atomic mass is 32.2. The molecule has 0 aromatic heterocycles. The Kier molecular flexibility index (Phi) is 10.5. The van der Waals surface area contributed by atoms with Crippen LogP contribution < -0.4 is 9.62 Å². The molecule has 0 saturated carbocycles. The summed E-state index contributed by atoms with van der Waals surface area (Å²) in [5, 5.41) is 3.07. The molecule has 0 radical (unpaired) electrons. The lowest BCUT2D eigenvalue weighted by Crippen LogP contribution is -2.54. The predicted molar refractivity (Wildman–Crippen MR) is 161 cm³/mol. The van der Waals surface area contributed by atoms with Gasteiger partial charge in [0.25, 0.3) is 0 Å². The lowest BCUT2D eigenvalue weighted by molar-refractivity contribution is -0.142. The molecule has 2 amide bonds. The fourth-order valence-electron chi connectivity index (χ4n) is 4.61. The Balaban J connectivity index is 1.90. The van der Waals surface area contributed by atoms with Crippen molar-refractivity contribution in [3.8, 4) is 0 Å². The van der Waals surface area contributed by atoms with E-state index in [9.17, 15) is 18.0 Å². The number of nitrogens with zero attached hydrogens (tertiary/aromatic N) is 2. The zero-order valence-corrected chi connectivity index (χ0v) is 24.9. The van der Waals surface area contributed by atoms with E-state index in [1.165, 1.54) is 10.6 Å². The standard InChI is InChI=1S/C32H41N3O4S/c1-25-14-12-17-27(22-25)24-34(29(31(37)33-32(2,3)4)23-26-15-8-6-9-16-26)30(36)20-13-21-35(40(5,38)39)28-18-10-7-11-19-28/h6-12,14-19,22,29H,13,20-21,23-24H2,1-5H3,(H,33,37)/t29-/m1/s1. The van der Waals surface area contributed by atoms with Crippen molar-refractivity contribution in [1.29, 1.82) is 0 Å². The largest absolute Gasteiger partial charge is 0.350 e. The summed E-state index contributed by atoms with van der Waals surface area (Å²) < 4.78 is 26.4. The molecular formula is C32H41N3O4S. The van der Waals surface area contributed by atoms with Gasteiger partial charge in [0.2, 0.25) is 21.8 Å². The number of nitrogens with one attached hydrogen (secondary N) is 1. The van der Waals surface area contributed by atoms with Crippen LogP contribution in [0.2, 0.25) is 0 Å². The van der Waals surface area contributed by atoms with E-state index < -0.39 is 21.6 Å². The van der Waals surface area contributed by atoms with E-state index in [2.05, 4.69) is 5.32 Å². The van der Waals surface area contributed by atoms with Crippen molar-refractivity contribution in [2.75, 3.05) is 17.1 Å². The predicted octanol–water partition coefficient (Wildman–Crippen LogP) is 5.10. The van der Waals surface area contributed by atoms with Gasteiger partial charge in [0.15, 0.2) is 0 Å². The van der Waals surface area contributed by atoms with Gasteiger partial charge in [0.1, 0.15) is 6.04 Å². The quantitative estimate of drug-likeness (QED) is 0.332. The summed E-state index contributed by atoms with van der Waals surface area (Å²) in [6.07, 6.45) is 1.93. The zero-order valence-electron chi connectivity index (χ0n) is 24.1. The molecule has 3 aromatic rings. The maximum absolute atomic E-state index is 13.9. The van der Waals surface area contributed by atoms with Crippen LogP contribution in [0.3, 0.4) is 0 Å². The third kappa shape index (κ3) is 9.52. The molecular weight excluding hydrogens is 522 g/mol. The molecule has 0 bridgehead atoms. The molecule has 0 heterocycles. The average Bonchev–Trinajstić information content (AvgIpc) is 2.88. The van der Waals surface area contributed by atoms with Gasteiger partial charge in [0.05, 0.1) is 11.9 Å². The number of sulfonamides is 1. The van der Waals surface area contributed by atoms with Crippen LogP contribution in [-0.2, 0) is 32.6 Å². The summed E-state index contributed by atoms with van der Waals surface area (Å²) in [5.41, 5.74) is 3.02. The number of anilines is 1. The van der Waals surface area contributed by atoms with Crippen LogP contribution in [0.1, 0.15) is 50.3 Å². The van der Waals surface area contributed by atoms with Gasteiger partial charge in [-0.1, -0.05) is 78.4 Å². The number of para-hydroxylation sites is 1. The monoisotopic (exact) mass is 563 g/mol. The zero-order chi connectivity index (χ0) is 29.3. The van der Waals surface area contributed by atoms with Crippen molar-refractivity contribution >= 4 is 27.5 Å². The van der Waals surface area contributed by atoms with Crippen LogP contribution in [0.5, 0.6) is 0 Å². The molecule has 0 aliphatic carbocycles. The van der Waals surface area contributed by atoms with Crippen molar-refractivity contribution in [1.82, 2.24) is 10.2 Å². The second-order valence-electron chi connectivity index (χ2n) is 11.2. The summed E-state index contributed by atoms with van der Waals surface area (Å²) in [4.78, 5) is 29.2. The van der Waals surface area contributed by atoms with Gasteiger partial charge in [-0.05, 0) is 57.4 Å². The lowest BCUT2D eigenvalue weighted by Gasteiger charge is -2.34. The van der Waals surface area contributed by atoms with E-state index in [1.807, 2.05) is 88.4 Å². The minimum atomic E-state index is -3.54. The molecule has 0 aliphatic heterocycles. The van der Waals surface area contributed by atoms with Crippen LogP contribution in [-0.4, -0.2) is 49.5 Å². The molecule has 8 heteroatoms. The summed E-state index contributed by atoms with van der Waals surface area (Å²) in [6.45, 7) is 8.17. The van der Waals surface area contributed by atoms with E-state index in [4.69, 9.17) is 0 Å². The minimum Gasteiger partial charge on any atom is -0.350 e. The highest BCUT2D eigenvalue weighted by Gasteiger charge is 2.32. The summed E-state index contributed by atoms with van der Waals surface area (Å²) in [5.74, 6) is -0.424. The van der Waals surface area contributed by atoms with Crippen LogP contribution in [0, 0.1) is 6.92 Å². The maximum atomic E-state index is 13.9. The Bertz CT molecular complexity index is 1370. The first kappa shape index (κ1) is 30.9. The normalized spacial score (nSPS) is 12.4. The molecule has 0 unspecified atom stereocenters. The number of aryl methyl sites for hydroxylation is 1. The van der Waals surface area contributed by atoms with Crippen molar-refractivity contribution in [2.24, 2.45) is 0 Å². The Morgan fingerprint density at radius 2 is 1.48 bits per heavy atom. The van der Waals surface area contributed by atoms with E-state index in [-0.39, 0.29) is 31.3 Å². The molecule has 0 spiro atoms. The van der Waals surface area contributed by atoms with Gasteiger partial charge in [-0.25, -0.2) is 8.42 Å². The van der Waals surface area contributed by atoms with Crippen molar-refractivity contribution in [3.63, 3.8) is 0 Å². The lowest BCUT2D eigenvalue weighted by atomic mass is 10.00. The number of carbonyl (C=O) groups excluding carboxylic acids is 2. The fourth-order valence-corrected chi connectivity index (χ4v) is 5.58.